The molecule has 6 heteroatoms. The number of hydrogen-bond acceptors (Lipinski definition) is 6. The van der Waals surface area contributed by atoms with Gasteiger partial charge in [0, 0.05) is 30.9 Å². The van der Waals surface area contributed by atoms with Crippen LogP contribution in [-0.4, -0.2) is 37.3 Å². The van der Waals surface area contributed by atoms with Crippen LogP contribution in [0.4, 0.5) is 17.5 Å². The summed E-state index contributed by atoms with van der Waals surface area (Å²) in [5.41, 5.74) is 1.79. The molecule has 0 amide bonds. The SMILES string of the molecule is COc1ccc(Nc2cc(C)nc(N3CCCCC3)n2)c(OC)c1. The minimum atomic E-state index is 0.713. The maximum Gasteiger partial charge on any atom is 0.227 e. The molecule has 0 saturated carbocycles. The van der Waals surface area contributed by atoms with E-state index in [2.05, 4.69) is 20.2 Å². The van der Waals surface area contributed by atoms with E-state index in [0.717, 1.165) is 42.0 Å². The maximum atomic E-state index is 5.44. The number of aryl methyl sites for hydroxylation is 1. The summed E-state index contributed by atoms with van der Waals surface area (Å²) < 4.78 is 10.7. The van der Waals surface area contributed by atoms with Crippen LogP contribution in [0.25, 0.3) is 0 Å². The number of benzene rings is 1. The Morgan fingerprint density at radius 2 is 1.79 bits per heavy atom. The lowest BCUT2D eigenvalue weighted by Crippen LogP contribution is -2.31. The van der Waals surface area contributed by atoms with E-state index in [0.29, 0.717) is 5.75 Å². The topological polar surface area (TPSA) is 59.5 Å². The molecule has 24 heavy (non-hydrogen) atoms. The largest absolute Gasteiger partial charge is 0.497 e. The van der Waals surface area contributed by atoms with Crippen molar-refractivity contribution in [3.8, 4) is 11.5 Å². The van der Waals surface area contributed by atoms with Gasteiger partial charge in [0.25, 0.3) is 0 Å². The van der Waals surface area contributed by atoms with Crippen LogP contribution in [-0.2, 0) is 0 Å². The van der Waals surface area contributed by atoms with Crippen molar-refractivity contribution in [2.45, 2.75) is 26.2 Å². The molecule has 0 bridgehead atoms. The number of methoxy groups -OCH3 is 2. The van der Waals surface area contributed by atoms with Gasteiger partial charge >= 0.3 is 0 Å². The fraction of sp³-hybridized carbons (Fsp3) is 0.444. The number of aromatic nitrogens is 2. The quantitative estimate of drug-likeness (QED) is 0.906. The van der Waals surface area contributed by atoms with E-state index >= 15 is 0 Å². The van der Waals surface area contributed by atoms with E-state index in [1.54, 1.807) is 14.2 Å². The third kappa shape index (κ3) is 3.69. The lowest BCUT2D eigenvalue weighted by atomic mass is 10.1. The first kappa shape index (κ1) is 16.4. The van der Waals surface area contributed by atoms with Crippen molar-refractivity contribution in [2.24, 2.45) is 0 Å². The van der Waals surface area contributed by atoms with E-state index in [1.807, 2.05) is 31.2 Å². The molecule has 0 radical (unpaired) electrons. The summed E-state index contributed by atoms with van der Waals surface area (Å²) in [6.45, 7) is 4.04. The first-order valence-corrected chi connectivity index (χ1v) is 8.29. The van der Waals surface area contributed by atoms with Crippen LogP contribution in [0.3, 0.4) is 0 Å². The highest BCUT2D eigenvalue weighted by Gasteiger charge is 2.15. The van der Waals surface area contributed by atoms with Gasteiger partial charge in [0.05, 0.1) is 19.9 Å². The second kappa shape index (κ2) is 7.38. The Labute approximate surface area is 142 Å². The van der Waals surface area contributed by atoms with E-state index in [9.17, 15) is 0 Å². The molecule has 1 saturated heterocycles. The van der Waals surface area contributed by atoms with Crippen LogP contribution in [0.2, 0.25) is 0 Å². The lowest BCUT2D eigenvalue weighted by Gasteiger charge is -2.27. The average molecular weight is 328 g/mol. The minimum Gasteiger partial charge on any atom is -0.497 e. The maximum absolute atomic E-state index is 5.44. The van der Waals surface area contributed by atoms with Gasteiger partial charge < -0.3 is 19.7 Å². The van der Waals surface area contributed by atoms with Crippen molar-refractivity contribution in [2.75, 3.05) is 37.5 Å². The number of anilines is 3. The zero-order valence-electron chi connectivity index (χ0n) is 14.5. The molecule has 2 heterocycles. The highest BCUT2D eigenvalue weighted by Crippen LogP contribution is 2.31. The van der Waals surface area contributed by atoms with Gasteiger partial charge in [-0.2, -0.15) is 4.98 Å². The molecule has 2 aromatic rings. The Bertz CT molecular complexity index is 699. The molecule has 0 atom stereocenters. The molecule has 0 spiro atoms. The Morgan fingerprint density at radius 3 is 2.50 bits per heavy atom. The van der Waals surface area contributed by atoms with E-state index in [-0.39, 0.29) is 0 Å². The summed E-state index contributed by atoms with van der Waals surface area (Å²) in [7, 11) is 3.28. The van der Waals surface area contributed by atoms with Crippen molar-refractivity contribution >= 4 is 17.5 Å². The molecular formula is C18H24N4O2. The zero-order chi connectivity index (χ0) is 16.9. The molecule has 1 aliphatic heterocycles. The summed E-state index contributed by atoms with van der Waals surface area (Å²) in [4.78, 5) is 11.5. The van der Waals surface area contributed by atoms with Gasteiger partial charge in [-0.1, -0.05) is 0 Å². The molecule has 1 N–H and O–H groups in total. The van der Waals surface area contributed by atoms with Crippen LogP contribution in [0.15, 0.2) is 24.3 Å². The molecule has 1 fully saturated rings. The Hall–Kier alpha value is -2.50. The molecule has 1 aromatic heterocycles. The summed E-state index contributed by atoms with van der Waals surface area (Å²) in [6, 6.07) is 7.61. The smallest absolute Gasteiger partial charge is 0.227 e. The third-order valence-corrected chi connectivity index (χ3v) is 4.15. The molecule has 1 aliphatic rings. The molecule has 128 valence electrons. The van der Waals surface area contributed by atoms with Crippen molar-refractivity contribution in [3.63, 3.8) is 0 Å². The summed E-state index contributed by atoms with van der Waals surface area (Å²) in [5.74, 6) is 3.03. The van der Waals surface area contributed by atoms with Gasteiger partial charge in [0.2, 0.25) is 5.95 Å². The lowest BCUT2D eigenvalue weighted by molar-refractivity contribution is 0.395. The summed E-state index contributed by atoms with van der Waals surface area (Å²) >= 11 is 0. The van der Waals surface area contributed by atoms with Gasteiger partial charge in [-0.3, -0.25) is 0 Å². The van der Waals surface area contributed by atoms with E-state index in [1.165, 1.54) is 19.3 Å². The fourth-order valence-electron chi connectivity index (χ4n) is 2.89. The third-order valence-electron chi connectivity index (χ3n) is 4.15. The molecular weight excluding hydrogens is 304 g/mol. The second-order valence-corrected chi connectivity index (χ2v) is 5.93. The first-order valence-electron chi connectivity index (χ1n) is 8.29. The summed E-state index contributed by atoms with van der Waals surface area (Å²) in [5, 5.41) is 3.34. The van der Waals surface area contributed by atoms with Gasteiger partial charge in [-0.15, -0.1) is 0 Å². The monoisotopic (exact) mass is 328 g/mol. The van der Waals surface area contributed by atoms with E-state index < -0.39 is 0 Å². The average Bonchev–Trinajstić information content (AvgIpc) is 2.62. The predicted octanol–water partition coefficient (Wildman–Crippen LogP) is 3.54. The number of ether oxygens (including phenoxy) is 2. The Morgan fingerprint density at radius 1 is 1.00 bits per heavy atom. The second-order valence-electron chi connectivity index (χ2n) is 5.93. The van der Waals surface area contributed by atoms with Crippen LogP contribution in [0.1, 0.15) is 25.0 Å². The Kier molecular flexibility index (Phi) is 5.03. The zero-order valence-corrected chi connectivity index (χ0v) is 14.5. The van der Waals surface area contributed by atoms with Gasteiger partial charge in [0.1, 0.15) is 17.3 Å². The number of nitrogens with one attached hydrogen (secondary N) is 1. The Balaban J connectivity index is 1.86. The highest BCUT2D eigenvalue weighted by atomic mass is 16.5. The van der Waals surface area contributed by atoms with Crippen molar-refractivity contribution in [1.82, 2.24) is 9.97 Å². The highest BCUT2D eigenvalue weighted by molar-refractivity contribution is 5.66. The molecule has 0 aliphatic carbocycles. The standard InChI is InChI=1S/C18H24N4O2/c1-13-11-17(21-18(19-13)22-9-5-4-6-10-22)20-15-8-7-14(23-2)12-16(15)24-3/h7-8,11-12H,4-6,9-10H2,1-3H3,(H,19,20,21). The number of hydrogen-bond donors (Lipinski definition) is 1. The van der Waals surface area contributed by atoms with Gasteiger partial charge in [-0.25, -0.2) is 4.98 Å². The van der Waals surface area contributed by atoms with Crippen LogP contribution >= 0.6 is 0 Å². The van der Waals surface area contributed by atoms with E-state index in [4.69, 9.17) is 9.47 Å². The minimum absolute atomic E-state index is 0.713. The number of rotatable bonds is 5. The van der Waals surface area contributed by atoms with Crippen LogP contribution in [0.5, 0.6) is 11.5 Å². The normalized spacial score (nSPS) is 14.4. The molecule has 6 nitrogen and oxygen atoms in total. The molecule has 1 aromatic carbocycles. The van der Waals surface area contributed by atoms with Gasteiger partial charge in [0.15, 0.2) is 0 Å². The predicted molar refractivity (Wildman–Crippen MR) is 95.7 cm³/mol. The van der Waals surface area contributed by atoms with Crippen molar-refractivity contribution in [1.29, 1.82) is 0 Å². The van der Waals surface area contributed by atoms with Gasteiger partial charge in [-0.05, 0) is 38.3 Å². The first-order chi connectivity index (χ1) is 11.7. The van der Waals surface area contributed by atoms with Crippen LogP contribution in [0, 0.1) is 6.92 Å². The molecule has 3 rings (SSSR count). The molecule has 0 unspecified atom stereocenters. The number of nitrogens with zero attached hydrogens (tertiary/aromatic N) is 3. The van der Waals surface area contributed by atoms with Crippen molar-refractivity contribution in [3.05, 3.63) is 30.0 Å². The van der Waals surface area contributed by atoms with Crippen LogP contribution < -0.4 is 19.7 Å². The summed E-state index contributed by atoms with van der Waals surface area (Å²) in [6.07, 6.45) is 3.69. The number of piperidine rings is 1. The van der Waals surface area contributed by atoms with Crippen molar-refractivity contribution < 1.29 is 9.47 Å². The fourth-order valence-corrected chi connectivity index (χ4v) is 2.89.